The number of carbonyl (C=O) groups excluding carboxylic acids is 2. The monoisotopic (exact) mass is 344 g/mol. The summed E-state index contributed by atoms with van der Waals surface area (Å²) in [5.41, 5.74) is 0.797. The first-order valence-corrected chi connectivity index (χ1v) is 8.25. The predicted molar refractivity (Wildman–Crippen MR) is 86.9 cm³/mol. The third kappa shape index (κ3) is 3.76. The molecule has 0 aromatic carbocycles. The molecular weight excluding hydrogens is 328 g/mol. The number of hydrogen-bond acceptors (Lipinski definition) is 6. The fourth-order valence-corrected chi connectivity index (χ4v) is 3.65. The van der Waals surface area contributed by atoms with Crippen molar-refractivity contribution in [3.8, 4) is 12.1 Å². The lowest BCUT2D eigenvalue weighted by Crippen LogP contribution is -2.31. The van der Waals surface area contributed by atoms with E-state index in [4.69, 9.17) is 5.26 Å². The van der Waals surface area contributed by atoms with Crippen LogP contribution >= 0.6 is 11.8 Å². The van der Waals surface area contributed by atoms with E-state index in [0.717, 1.165) is 5.69 Å². The number of hydrogen-bond donors (Lipinski definition) is 2. The van der Waals surface area contributed by atoms with Crippen molar-refractivity contribution in [3.05, 3.63) is 28.8 Å². The molecule has 1 fully saturated rings. The minimum Gasteiger partial charge on any atom is -0.348 e. The van der Waals surface area contributed by atoms with Crippen LogP contribution in [0.3, 0.4) is 0 Å². The maximum atomic E-state index is 12.5. The van der Waals surface area contributed by atoms with E-state index in [-0.39, 0.29) is 23.3 Å². The van der Waals surface area contributed by atoms with Crippen molar-refractivity contribution in [1.29, 1.82) is 10.5 Å². The minimum absolute atomic E-state index is 0.113. The Morgan fingerprint density at radius 1 is 1.54 bits per heavy atom. The molecule has 24 heavy (non-hydrogen) atoms. The van der Waals surface area contributed by atoms with Gasteiger partial charge in [-0.3, -0.25) is 9.59 Å². The lowest BCUT2D eigenvalue weighted by atomic mass is 10.2. The van der Waals surface area contributed by atoms with Crippen LogP contribution in [0.4, 0.5) is 0 Å². The van der Waals surface area contributed by atoms with Gasteiger partial charge in [0, 0.05) is 18.4 Å². The Labute approximate surface area is 143 Å². The number of imidazole rings is 1. The number of H-pyrrole nitrogens is 1. The quantitative estimate of drug-likeness (QED) is 0.444. The molecule has 2 N–H and O–H groups in total. The summed E-state index contributed by atoms with van der Waals surface area (Å²) in [4.78, 5) is 32.9. The Kier molecular flexibility index (Phi) is 5.99. The molecule has 1 aliphatic rings. The number of aromatic amines is 1. The van der Waals surface area contributed by atoms with Crippen molar-refractivity contribution in [2.75, 3.05) is 13.1 Å². The molecule has 1 saturated heterocycles. The highest BCUT2D eigenvalue weighted by atomic mass is 32.2. The fourth-order valence-electron chi connectivity index (χ4n) is 2.31. The van der Waals surface area contributed by atoms with Crippen LogP contribution in [-0.2, 0) is 16.0 Å². The van der Waals surface area contributed by atoms with Crippen molar-refractivity contribution in [1.82, 2.24) is 20.2 Å². The van der Waals surface area contributed by atoms with Gasteiger partial charge in [0.05, 0.1) is 17.6 Å². The molecule has 1 aromatic rings. The molecule has 2 amide bonds. The van der Waals surface area contributed by atoms with Gasteiger partial charge in [-0.1, -0.05) is 11.8 Å². The number of rotatable bonds is 6. The SMILES string of the molecule is CCN1C(=O)C(CCc2cnc[nH]2)S/C1=C(/C#N)C(=O)NCC#N. The van der Waals surface area contributed by atoms with Crippen molar-refractivity contribution in [2.24, 2.45) is 0 Å². The topological polar surface area (TPSA) is 126 Å². The first-order valence-electron chi connectivity index (χ1n) is 7.37. The molecule has 1 aliphatic heterocycles. The maximum Gasteiger partial charge on any atom is 0.265 e. The van der Waals surface area contributed by atoms with Crippen LogP contribution in [0.25, 0.3) is 0 Å². The lowest BCUT2D eigenvalue weighted by molar-refractivity contribution is -0.127. The Balaban J connectivity index is 2.18. The second-order valence-electron chi connectivity index (χ2n) is 4.94. The summed E-state index contributed by atoms with van der Waals surface area (Å²) >= 11 is 1.22. The van der Waals surface area contributed by atoms with Gasteiger partial charge in [0.2, 0.25) is 5.91 Å². The van der Waals surface area contributed by atoms with Gasteiger partial charge in [0.25, 0.3) is 5.91 Å². The average molecular weight is 344 g/mol. The normalized spacial score (nSPS) is 18.9. The Hall–Kier alpha value is -2.78. The van der Waals surface area contributed by atoms with Gasteiger partial charge in [0.15, 0.2) is 0 Å². The van der Waals surface area contributed by atoms with E-state index in [9.17, 15) is 14.9 Å². The van der Waals surface area contributed by atoms with Crippen molar-refractivity contribution in [3.63, 3.8) is 0 Å². The lowest BCUT2D eigenvalue weighted by Gasteiger charge is -2.15. The van der Waals surface area contributed by atoms with Crippen molar-refractivity contribution in [2.45, 2.75) is 25.0 Å². The standard InChI is InChI=1S/C15H16N6O2S/c1-2-21-14(23)12(4-3-10-8-18-9-20-10)24-15(21)11(7-17)13(22)19-6-5-16/h8-9,12H,2-4,6H2,1H3,(H,18,20)(H,19,22)/b15-11-. The summed E-state index contributed by atoms with van der Waals surface area (Å²) in [5, 5.41) is 20.2. The Morgan fingerprint density at radius 2 is 2.33 bits per heavy atom. The summed E-state index contributed by atoms with van der Waals surface area (Å²) in [5.74, 6) is -0.750. The number of nitrogens with one attached hydrogen (secondary N) is 2. The largest absolute Gasteiger partial charge is 0.348 e. The van der Waals surface area contributed by atoms with Gasteiger partial charge in [-0.05, 0) is 19.8 Å². The van der Waals surface area contributed by atoms with Crippen LogP contribution in [0.15, 0.2) is 23.1 Å². The zero-order chi connectivity index (χ0) is 17.5. The number of thioether (sulfide) groups is 1. The number of nitrogens with zero attached hydrogens (tertiary/aromatic N) is 4. The third-order valence-electron chi connectivity index (χ3n) is 3.47. The molecule has 0 bridgehead atoms. The number of aryl methyl sites for hydroxylation is 1. The summed E-state index contributed by atoms with van der Waals surface area (Å²) in [7, 11) is 0. The van der Waals surface area contributed by atoms with Gasteiger partial charge in [-0.15, -0.1) is 0 Å². The summed E-state index contributed by atoms with van der Waals surface area (Å²) in [6, 6.07) is 3.64. The molecule has 1 unspecified atom stereocenters. The second-order valence-corrected chi connectivity index (χ2v) is 6.13. The Bertz CT molecular complexity index is 728. The molecule has 2 heterocycles. The van der Waals surface area contributed by atoms with E-state index >= 15 is 0 Å². The zero-order valence-corrected chi connectivity index (χ0v) is 13.9. The molecule has 0 saturated carbocycles. The molecule has 2 rings (SSSR count). The van der Waals surface area contributed by atoms with E-state index < -0.39 is 5.91 Å². The van der Waals surface area contributed by atoms with Crippen LogP contribution in [0.2, 0.25) is 0 Å². The average Bonchev–Trinajstić information content (AvgIpc) is 3.20. The first-order chi connectivity index (χ1) is 11.6. The second kappa shape index (κ2) is 8.18. The number of nitriles is 2. The number of aromatic nitrogens is 2. The summed E-state index contributed by atoms with van der Waals surface area (Å²) < 4.78 is 0. The van der Waals surface area contributed by atoms with Crippen molar-refractivity contribution >= 4 is 23.6 Å². The van der Waals surface area contributed by atoms with Crippen molar-refractivity contribution < 1.29 is 9.59 Å². The van der Waals surface area contributed by atoms with Gasteiger partial charge >= 0.3 is 0 Å². The number of amides is 2. The molecule has 0 radical (unpaired) electrons. The van der Waals surface area contributed by atoms with Gasteiger partial charge in [-0.2, -0.15) is 10.5 Å². The predicted octanol–water partition coefficient (Wildman–Crippen LogP) is 0.681. The molecule has 1 aromatic heterocycles. The van der Waals surface area contributed by atoms with E-state index in [1.807, 2.05) is 6.07 Å². The number of carbonyl (C=O) groups is 2. The van der Waals surface area contributed by atoms with E-state index in [1.54, 1.807) is 25.5 Å². The van der Waals surface area contributed by atoms with E-state index in [2.05, 4.69) is 15.3 Å². The van der Waals surface area contributed by atoms with Gasteiger partial charge < -0.3 is 15.2 Å². The van der Waals surface area contributed by atoms with Crippen LogP contribution < -0.4 is 5.32 Å². The van der Waals surface area contributed by atoms with Crippen LogP contribution in [0.5, 0.6) is 0 Å². The summed E-state index contributed by atoms with van der Waals surface area (Å²) in [6.45, 7) is 1.97. The molecular formula is C15H16N6O2S. The highest BCUT2D eigenvalue weighted by Crippen LogP contribution is 2.39. The smallest absolute Gasteiger partial charge is 0.265 e. The molecule has 0 spiro atoms. The fraction of sp³-hybridized carbons (Fsp3) is 0.400. The third-order valence-corrected chi connectivity index (χ3v) is 4.84. The highest BCUT2D eigenvalue weighted by molar-refractivity contribution is 8.04. The molecule has 124 valence electrons. The van der Waals surface area contributed by atoms with E-state index in [1.165, 1.54) is 16.7 Å². The molecule has 0 aliphatic carbocycles. The highest BCUT2D eigenvalue weighted by Gasteiger charge is 2.38. The first kappa shape index (κ1) is 17.6. The molecule has 9 heteroatoms. The molecule has 1 atom stereocenters. The van der Waals surface area contributed by atoms with Gasteiger partial charge in [-0.25, -0.2) is 4.98 Å². The molecule has 8 nitrogen and oxygen atoms in total. The Morgan fingerprint density at radius 3 is 2.92 bits per heavy atom. The maximum absolute atomic E-state index is 12.5. The van der Waals surface area contributed by atoms with Gasteiger partial charge in [0.1, 0.15) is 23.2 Å². The van der Waals surface area contributed by atoms with Crippen LogP contribution in [0.1, 0.15) is 19.0 Å². The summed E-state index contributed by atoms with van der Waals surface area (Å²) in [6.07, 6.45) is 4.51. The zero-order valence-electron chi connectivity index (χ0n) is 13.1. The van der Waals surface area contributed by atoms with Crippen LogP contribution in [0, 0.1) is 22.7 Å². The van der Waals surface area contributed by atoms with E-state index in [0.29, 0.717) is 24.4 Å². The minimum atomic E-state index is -0.637. The van der Waals surface area contributed by atoms with Crippen LogP contribution in [-0.4, -0.2) is 45.0 Å².